The molecule has 0 heterocycles. The van der Waals surface area contributed by atoms with E-state index in [1.54, 1.807) is 0 Å². The summed E-state index contributed by atoms with van der Waals surface area (Å²) in [6.07, 6.45) is 0. The molecule has 1 unspecified atom stereocenters. The molecule has 0 saturated carbocycles. The average Bonchev–Trinajstić information content (AvgIpc) is 2.37. The largest absolute Gasteiger partial charge is 0.394 e. The van der Waals surface area contributed by atoms with E-state index in [1.807, 2.05) is 30.3 Å². The van der Waals surface area contributed by atoms with E-state index < -0.39 is 8.25 Å². The minimum Gasteiger partial charge on any atom is -0.394 e. The van der Waals surface area contributed by atoms with Gasteiger partial charge in [-0.05, 0) is 5.56 Å². The summed E-state index contributed by atoms with van der Waals surface area (Å²) < 4.78 is 26.2. The van der Waals surface area contributed by atoms with Crippen molar-refractivity contribution < 1.29 is 23.5 Å². The zero-order valence-corrected chi connectivity index (χ0v) is 10.5. The van der Waals surface area contributed by atoms with Crippen LogP contribution in [0.3, 0.4) is 0 Å². The van der Waals surface area contributed by atoms with Crippen molar-refractivity contribution in [1.82, 2.24) is 0 Å². The fraction of sp³-hybridized carbons (Fsp3) is 0.455. The third kappa shape index (κ3) is 7.26. The molecule has 1 aromatic rings. The standard InChI is InChI=1S/C11H17O5P/c12-6-7-14-8-9-15-17(13)16-10-11-4-2-1-3-5-11/h1-5,12,17H,6-10H2. The van der Waals surface area contributed by atoms with Crippen LogP contribution in [0.25, 0.3) is 0 Å². The van der Waals surface area contributed by atoms with Crippen LogP contribution in [0.5, 0.6) is 0 Å². The minimum atomic E-state index is -2.47. The smallest absolute Gasteiger partial charge is 0.319 e. The number of rotatable bonds is 9. The highest BCUT2D eigenvalue weighted by atomic mass is 31.1. The van der Waals surface area contributed by atoms with Crippen molar-refractivity contribution in [3.05, 3.63) is 35.9 Å². The van der Waals surface area contributed by atoms with Gasteiger partial charge in [0.25, 0.3) is 0 Å². The SMILES string of the molecule is O=[PH](OCCOCCO)OCc1ccccc1. The first-order valence-corrected chi connectivity index (χ1v) is 6.57. The topological polar surface area (TPSA) is 65.0 Å². The van der Waals surface area contributed by atoms with E-state index in [-0.39, 0.29) is 26.4 Å². The summed E-state index contributed by atoms with van der Waals surface area (Å²) >= 11 is 0. The predicted octanol–water partition coefficient (Wildman–Crippen LogP) is 1.62. The van der Waals surface area contributed by atoms with Gasteiger partial charge in [0, 0.05) is 0 Å². The molecule has 0 aliphatic rings. The van der Waals surface area contributed by atoms with Crippen LogP contribution < -0.4 is 0 Å². The first-order valence-electron chi connectivity index (χ1n) is 5.35. The van der Waals surface area contributed by atoms with Crippen molar-refractivity contribution in [2.75, 3.05) is 26.4 Å². The van der Waals surface area contributed by atoms with E-state index >= 15 is 0 Å². The molecule has 96 valence electrons. The van der Waals surface area contributed by atoms with E-state index in [2.05, 4.69) is 0 Å². The van der Waals surface area contributed by atoms with E-state index in [9.17, 15) is 4.57 Å². The van der Waals surface area contributed by atoms with Crippen LogP contribution in [-0.2, 0) is 25.0 Å². The monoisotopic (exact) mass is 260 g/mol. The molecule has 0 fully saturated rings. The van der Waals surface area contributed by atoms with Gasteiger partial charge in [0.15, 0.2) is 0 Å². The highest BCUT2D eigenvalue weighted by Gasteiger charge is 2.00. The van der Waals surface area contributed by atoms with Crippen molar-refractivity contribution in [1.29, 1.82) is 0 Å². The first kappa shape index (κ1) is 14.4. The Morgan fingerprint density at radius 2 is 1.82 bits per heavy atom. The molecule has 0 bridgehead atoms. The average molecular weight is 260 g/mol. The van der Waals surface area contributed by atoms with E-state index in [1.165, 1.54) is 0 Å². The predicted molar refractivity (Wildman–Crippen MR) is 64.1 cm³/mol. The van der Waals surface area contributed by atoms with Gasteiger partial charge in [-0.3, -0.25) is 4.57 Å². The molecular formula is C11H17O5P. The lowest BCUT2D eigenvalue weighted by Gasteiger charge is -2.06. The maximum Gasteiger partial charge on any atom is 0.319 e. The Morgan fingerprint density at radius 1 is 1.06 bits per heavy atom. The number of aliphatic hydroxyl groups is 1. The number of ether oxygens (including phenoxy) is 1. The minimum absolute atomic E-state index is 0.0281. The van der Waals surface area contributed by atoms with Crippen LogP contribution in [-0.4, -0.2) is 31.5 Å². The molecule has 0 aromatic heterocycles. The molecular weight excluding hydrogens is 243 g/mol. The Bertz CT molecular complexity index is 317. The Morgan fingerprint density at radius 3 is 2.53 bits per heavy atom. The second kappa shape index (κ2) is 9.33. The maximum absolute atomic E-state index is 11.3. The van der Waals surface area contributed by atoms with E-state index in [0.29, 0.717) is 6.61 Å². The lowest BCUT2D eigenvalue weighted by molar-refractivity contribution is 0.0673. The lowest BCUT2D eigenvalue weighted by atomic mass is 10.2. The molecule has 17 heavy (non-hydrogen) atoms. The molecule has 1 N–H and O–H groups in total. The summed E-state index contributed by atoms with van der Waals surface area (Å²) in [4.78, 5) is 0. The van der Waals surface area contributed by atoms with Gasteiger partial charge in [-0.1, -0.05) is 30.3 Å². The Hall–Kier alpha value is -0.710. The summed E-state index contributed by atoms with van der Waals surface area (Å²) in [6, 6.07) is 9.46. The number of benzene rings is 1. The van der Waals surface area contributed by atoms with Gasteiger partial charge in [0.05, 0.1) is 33.0 Å². The zero-order chi connectivity index (χ0) is 12.3. The lowest BCUT2D eigenvalue weighted by Crippen LogP contribution is -2.05. The van der Waals surface area contributed by atoms with Crippen LogP contribution in [0.2, 0.25) is 0 Å². The van der Waals surface area contributed by atoms with Gasteiger partial charge in [-0.2, -0.15) is 0 Å². The molecule has 0 aliphatic heterocycles. The Labute approximate surface area is 101 Å². The maximum atomic E-state index is 11.3. The fourth-order valence-corrected chi connectivity index (χ4v) is 1.73. The van der Waals surface area contributed by atoms with Crippen molar-refractivity contribution >= 4 is 8.25 Å². The molecule has 0 spiro atoms. The molecule has 1 aromatic carbocycles. The van der Waals surface area contributed by atoms with Crippen LogP contribution in [0.15, 0.2) is 30.3 Å². The van der Waals surface area contributed by atoms with E-state index in [0.717, 1.165) is 5.56 Å². The summed E-state index contributed by atoms with van der Waals surface area (Å²) in [5.41, 5.74) is 0.950. The van der Waals surface area contributed by atoms with Crippen molar-refractivity contribution in [2.45, 2.75) is 6.61 Å². The van der Waals surface area contributed by atoms with Crippen LogP contribution in [0.1, 0.15) is 5.56 Å². The number of aliphatic hydroxyl groups excluding tert-OH is 1. The highest BCUT2D eigenvalue weighted by molar-refractivity contribution is 7.33. The molecule has 1 rings (SSSR count). The molecule has 0 aliphatic carbocycles. The van der Waals surface area contributed by atoms with Gasteiger partial charge >= 0.3 is 8.25 Å². The molecule has 0 radical (unpaired) electrons. The van der Waals surface area contributed by atoms with Crippen molar-refractivity contribution in [3.63, 3.8) is 0 Å². The summed E-state index contributed by atoms with van der Waals surface area (Å²) in [5, 5.41) is 8.44. The second-order valence-electron chi connectivity index (χ2n) is 3.21. The molecule has 1 atom stereocenters. The molecule has 5 nitrogen and oxygen atoms in total. The molecule has 0 saturated heterocycles. The number of hydrogen-bond donors (Lipinski definition) is 1. The highest BCUT2D eigenvalue weighted by Crippen LogP contribution is 2.25. The second-order valence-corrected chi connectivity index (χ2v) is 4.29. The Kier molecular flexibility index (Phi) is 7.88. The van der Waals surface area contributed by atoms with Crippen LogP contribution in [0.4, 0.5) is 0 Å². The fourth-order valence-electron chi connectivity index (χ4n) is 1.11. The molecule has 6 heteroatoms. The summed E-state index contributed by atoms with van der Waals surface area (Å²) in [6.45, 7) is 1.00. The third-order valence-corrected chi connectivity index (χ3v) is 2.70. The van der Waals surface area contributed by atoms with Crippen molar-refractivity contribution in [2.24, 2.45) is 0 Å². The molecule has 0 amide bonds. The van der Waals surface area contributed by atoms with Crippen molar-refractivity contribution in [3.8, 4) is 0 Å². The van der Waals surface area contributed by atoms with Gasteiger partial charge in [0.2, 0.25) is 0 Å². The van der Waals surface area contributed by atoms with Crippen LogP contribution in [0, 0.1) is 0 Å². The number of hydrogen-bond acceptors (Lipinski definition) is 5. The zero-order valence-electron chi connectivity index (χ0n) is 9.50. The van der Waals surface area contributed by atoms with Gasteiger partial charge < -0.3 is 18.9 Å². The van der Waals surface area contributed by atoms with Gasteiger partial charge in [-0.25, -0.2) is 0 Å². The first-order chi connectivity index (χ1) is 8.33. The summed E-state index contributed by atoms with van der Waals surface area (Å²) in [5.74, 6) is 0. The third-order valence-electron chi connectivity index (χ3n) is 1.88. The van der Waals surface area contributed by atoms with Gasteiger partial charge in [-0.15, -0.1) is 0 Å². The van der Waals surface area contributed by atoms with E-state index in [4.69, 9.17) is 18.9 Å². The quantitative estimate of drug-likeness (QED) is 0.540. The van der Waals surface area contributed by atoms with Gasteiger partial charge in [0.1, 0.15) is 0 Å². The normalized spacial score (nSPS) is 12.5. The van der Waals surface area contributed by atoms with Crippen LogP contribution >= 0.6 is 8.25 Å². The summed E-state index contributed by atoms with van der Waals surface area (Å²) in [7, 11) is -2.47. The Balaban J connectivity index is 2.05.